The van der Waals surface area contributed by atoms with Crippen LogP contribution in [0.25, 0.3) is 0 Å². The van der Waals surface area contributed by atoms with Crippen LogP contribution in [0.3, 0.4) is 0 Å². The summed E-state index contributed by atoms with van der Waals surface area (Å²) in [5, 5.41) is 0. The SMILES string of the molecule is COC1(C)CCN(C)[I-]C1. The average molecular weight is 256 g/mol. The van der Waals surface area contributed by atoms with Crippen LogP contribution in [-0.2, 0) is 4.74 Å². The molecule has 0 aliphatic carbocycles. The van der Waals surface area contributed by atoms with Crippen molar-refractivity contribution >= 4 is 0 Å². The molecule has 0 radical (unpaired) electrons. The minimum atomic E-state index is 0.208. The molecule has 1 rings (SSSR count). The maximum atomic E-state index is 5.43. The molecule has 0 aromatic heterocycles. The van der Waals surface area contributed by atoms with Crippen LogP contribution >= 0.6 is 0 Å². The summed E-state index contributed by atoms with van der Waals surface area (Å²) < 4.78 is 9.16. The summed E-state index contributed by atoms with van der Waals surface area (Å²) in [5.41, 5.74) is 0.208. The van der Waals surface area contributed by atoms with E-state index < -0.39 is 0 Å². The molecule has 1 fully saturated rings. The van der Waals surface area contributed by atoms with Crippen molar-refractivity contribution in [2.45, 2.75) is 18.9 Å². The Hall–Kier alpha value is 0.650. The second kappa shape index (κ2) is 3.36. The first-order chi connectivity index (χ1) is 4.66. The van der Waals surface area contributed by atoms with Crippen molar-refractivity contribution < 1.29 is 26.2 Å². The van der Waals surface area contributed by atoms with Gasteiger partial charge in [-0.15, -0.1) is 0 Å². The predicted octanol–water partition coefficient (Wildman–Crippen LogP) is -2.27. The van der Waals surface area contributed by atoms with Gasteiger partial charge in [-0.3, -0.25) is 0 Å². The van der Waals surface area contributed by atoms with Gasteiger partial charge in [0.2, 0.25) is 0 Å². The predicted molar refractivity (Wildman–Crippen MR) is 37.5 cm³/mol. The molecular weight excluding hydrogens is 241 g/mol. The Morgan fingerprint density at radius 1 is 1.60 bits per heavy atom. The number of hydrogen-bond acceptors (Lipinski definition) is 2. The fraction of sp³-hybridized carbons (Fsp3) is 1.00. The van der Waals surface area contributed by atoms with Gasteiger partial charge in [0.15, 0.2) is 0 Å². The molecule has 0 N–H and O–H groups in total. The molecule has 3 heteroatoms. The molecule has 0 saturated carbocycles. The summed E-state index contributed by atoms with van der Waals surface area (Å²) in [6.45, 7) is 3.44. The first-order valence-electron chi connectivity index (χ1n) is 3.52. The molecule has 2 nitrogen and oxygen atoms in total. The van der Waals surface area contributed by atoms with Crippen LogP contribution in [0.2, 0.25) is 0 Å². The van der Waals surface area contributed by atoms with Crippen molar-refractivity contribution in [3.05, 3.63) is 0 Å². The van der Waals surface area contributed by atoms with E-state index in [9.17, 15) is 0 Å². The van der Waals surface area contributed by atoms with Crippen molar-refractivity contribution in [3.8, 4) is 0 Å². The normalized spacial score (nSPS) is 37.1. The molecule has 1 aliphatic rings. The number of nitrogens with zero attached hydrogens (tertiary/aromatic N) is 1. The van der Waals surface area contributed by atoms with E-state index in [0.717, 1.165) is 0 Å². The second-order valence-corrected chi connectivity index (χ2v) is 6.08. The van der Waals surface area contributed by atoms with E-state index in [4.69, 9.17) is 4.74 Å². The third-order valence-corrected chi connectivity index (χ3v) is 5.59. The number of methoxy groups -OCH3 is 1. The van der Waals surface area contributed by atoms with Crippen molar-refractivity contribution in [1.82, 2.24) is 3.11 Å². The Labute approximate surface area is 73.5 Å². The van der Waals surface area contributed by atoms with Gasteiger partial charge < -0.3 is 0 Å². The molecule has 0 amide bonds. The minimum absolute atomic E-state index is 0.208. The molecule has 0 spiro atoms. The third-order valence-electron chi connectivity index (χ3n) is 1.99. The maximum absolute atomic E-state index is 5.43. The Bertz CT molecular complexity index is 110. The number of rotatable bonds is 1. The summed E-state index contributed by atoms with van der Waals surface area (Å²) in [7, 11) is 4.04. The summed E-state index contributed by atoms with van der Waals surface area (Å²) >= 11 is 0.264. The van der Waals surface area contributed by atoms with Crippen LogP contribution in [0.15, 0.2) is 0 Å². The summed E-state index contributed by atoms with van der Waals surface area (Å²) in [6.07, 6.45) is 1.19. The molecule has 1 atom stereocenters. The van der Waals surface area contributed by atoms with Crippen molar-refractivity contribution in [3.63, 3.8) is 0 Å². The molecule has 1 aliphatic heterocycles. The average Bonchev–Trinajstić information content (AvgIpc) is 1.96. The van der Waals surface area contributed by atoms with E-state index in [1.165, 1.54) is 17.4 Å². The Morgan fingerprint density at radius 3 is 2.70 bits per heavy atom. The first-order valence-corrected chi connectivity index (χ1v) is 6.01. The van der Waals surface area contributed by atoms with E-state index in [2.05, 4.69) is 17.1 Å². The van der Waals surface area contributed by atoms with Crippen LogP contribution < -0.4 is 21.5 Å². The van der Waals surface area contributed by atoms with Crippen LogP contribution in [0.4, 0.5) is 0 Å². The topological polar surface area (TPSA) is 12.5 Å². The quantitative estimate of drug-likeness (QED) is 0.298. The van der Waals surface area contributed by atoms with E-state index in [-0.39, 0.29) is 27.1 Å². The van der Waals surface area contributed by atoms with Gasteiger partial charge >= 0.3 is 73.4 Å². The van der Waals surface area contributed by atoms with Crippen molar-refractivity contribution in [2.24, 2.45) is 0 Å². The Kier molecular flexibility index (Phi) is 2.94. The molecule has 0 bridgehead atoms. The molecule has 0 aromatic rings. The summed E-state index contributed by atoms with van der Waals surface area (Å²) in [4.78, 5) is 0. The first kappa shape index (κ1) is 8.74. The fourth-order valence-corrected chi connectivity index (χ4v) is 3.48. The molecule has 10 heavy (non-hydrogen) atoms. The van der Waals surface area contributed by atoms with Crippen LogP contribution in [-0.4, -0.2) is 33.8 Å². The number of hydrogen-bond donors (Lipinski definition) is 0. The van der Waals surface area contributed by atoms with Crippen LogP contribution in [0.1, 0.15) is 13.3 Å². The van der Waals surface area contributed by atoms with Gasteiger partial charge in [0.05, 0.1) is 0 Å². The van der Waals surface area contributed by atoms with E-state index in [0.29, 0.717) is 0 Å². The molecule has 1 unspecified atom stereocenters. The van der Waals surface area contributed by atoms with Gasteiger partial charge in [-0.2, -0.15) is 0 Å². The van der Waals surface area contributed by atoms with Gasteiger partial charge in [-0.1, -0.05) is 0 Å². The Morgan fingerprint density at radius 2 is 2.30 bits per heavy atom. The zero-order valence-electron chi connectivity index (χ0n) is 6.85. The second-order valence-electron chi connectivity index (χ2n) is 2.99. The van der Waals surface area contributed by atoms with Crippen molar-refractivity contribution in [2.75, 3.05) is 25.1 Å². The van der Waals surface area contributed by atoms with Gasteiger partial charge in [-0.25, -0.2) is 0 Å². The molecule has 0 aromatic carbocycles. The zero-order valence-corrected chi connectivity index (χ0v) is 9.01. The van der Waals surface area contributed by atoms with Gasteiger partial charge in [0, 0.05) is 0 Å². The monoisotopic (exact) mass is 256 g/mol. The van der Waals surface area contributed by atoms with Gasteiger partial charge in [0.1, 0.15) is 0 Å². The molecule has 1 heterocycles. The summed E-state index contributed by atoms with van der Waals surface area (Å²) in [5.74, 6) is 0. The third kappa shape index (κ3) is 2.07. The summed E-state index contributed by atoms with van der Waals surface area (Å²) in [6, 6.07) is 0. The van der Waals surface area contributed by atoms with Crippen molar-refractivity contribution in [1.29, 1.82) is 0 Å². The van der Waals surface area contributed by atoms with Crippen LogP contribution in [0, 0.1) is 0 Å². The van der Waals surface area contributed by atoms with E-state index in [1.54, 1.807) is 0 Å². The van der Waals surface area contributed by atoms with E-state index >= 15 is 0 Å². The molecule has 62 valence electrons. The van der Waals surface area contributed by atoms with Gasteiger partial charge in [-0.05, 0) is 0 Å². The molecular formula is C7H15INO-. The van der Waals surface area contributed by atoms with Crippen LogP contribution in [0.5, 0.6) is 0 Å². The van der Waals surface area contributed by atoms with E-state index in [1.807, 2.05) is 7.11 Å². The Balaban J connectivity index is 2.38. The number of alkyl halides is 1. The number of ether oxygens (including phenoxy) is 1. The van der Waals surface area contributed by atoms with Gasteiger partial charge in [0.25, 0.3) is 0 Å². The zero-order chi connectivity index (χ0) is 7.61. The standard InChI is InChI=1S/C7H15INO/c1-7(10-3)4-5-9(2)8-6-7/h4-6H2,1-3H3/q-1. The fourth-order valence-electron chi connectivity index (χ4n) is 0.902. The molecule has 1 saturated heterocycles. The number of halogens is 1.